The molecule has 1 rings (SSSR count). The largest absolute Gasteiger partial charge is 0.330 e. The fourth-order valence-electron chi connectivity index (χ4n) is 1.76. The normalized spacial score (nSPS) is 12.5. The second-order valence-corrected chi connectivity index (χ2v) is 5.07. The number of nitrogens with zero attached hydrogens (tertiary/aromatic N) is 2. The molecule has 1 heterocycles. The van der Waals surface area contributed by atoms with Crippen LogP contribution in [0.15, 0.2) is 12.3 Å². The lowest BCUT2D eigenvalue weighted by molar-refractivity contribution is -0.117. The van der Waals surface area contributed by atoms with E-state index in [0.29, 0.717) is 24.0 Å². The molecule has 0 bridgehead atoms. The summed E-state index contributed by atoms with van der Waals surface area (Å²) in [4.78, 5) is 19.6. The van der Waals surface area contributed by atoms with Crippen LogP contribution in [0.2, 0.25) is 5.15 Å². The van der Waals surface area contributed by atoms with Gasteiger partial charge in [-0.25, -0.2) is 9.97 Å². The van der Waals surface area contributed by atoms with Crippen molar-refractivity contribution in [2.75, 3.05) is 11.9 Å². The highest BCUT2D eigenvalue weighted by Gasteiger charge is 2.14. The van der Waals surface area contributed by atoms with E-state index in [1.165, 1.54) is 6.20 Å². The molecule has 5 nitrogen and oxygen atoms in total. The Morgan fingerprint density at radius 1 is 1.56 bits per heavy atom. The van der Waals surface area contributed by atoms with E-state index >= 15 is 0 Å². The van der Waals surface area contributed by atoms with E-state index in [0.717, 1.165) is 6.42 Å². The van der Waals surface area contributed by atoms with E-state index in [4.69, 9.17) is 17.3 Å². The number of amides is 1. The van der Waals surface area contributed by atoms with Crippen LogP contribution >= 0.6 is 11.6 Å². The molecular formula is C12H19ClN4O. The van der Waals surface area contributed by atoms with Crippen molar-refractivity contribution in [3.05, 3.63) is 17.4 Å². The minimum atomic E-state index is -0.131. The number of anilines is 1. The number of nitrogens with one attached hydrogen (secondary N) is 1. The van der Waals surface area contributed by atoms with Crippen LogP contribution in [0.25, 0.3) is 0 Å². The number of carbonyl (C=O) groups is 1. The van der Waals surface area contributed by atoms with Gasteiger partial charge in [-0.05, 0) is 30.9 Å². The van der Waals surface area contributed by atoms with E-state index in [9.17, 15) is 4.79 Å². The van der Waals surface area contributed by atoms with Crippen molar-refractivity contribution in [2.24, 2.45) is 17.6 Å². The fourth-order valence-corrected chi connectivity index (χ4v) is 1.90. The fraction of sp³-hybridized carbons (Fsp3) is 0.583. The Morgan fingerprint density at radius 2 is 2.28 bits per heavy atom. The molecule has 0 aliphatic carbocycles. The first kappa shape index (κ1) is 14.9. The Bertz CT molecular complexity index is 397. The average Bonchev–Trinajstić information content (AvgIpc) is 2.27. The first-order valence-electron chi connectivity index (χ1n) is 5.99. The number of aromatic nitrogens is 2. The van der Waals surface area contributed by atoms with Crippen LogP contribution in [0.1, 0.15) is 26.7 Å². The third-order valence-electron chi connectivity index (χ3n) is 2.48. The van der Waals surface area contributed by atoms with Gasteiger partial charge in [-0.2, -0.15) is 0 Å². The van der Waals surface area contributed by atoms with Crippen LogP contribution in [0.4, 0.5) is 5.95 Å². The SMILES string of the molecule is CC(C)C[C@H](CN)CC(=O)Nc1nccc(Cl)n1. The van der Waals surface area contributed by atoms with Gasteiger partial charge < -0.3 is 5.73 Å². The number of nitrogens with two attached hydrogens (primary N) is 1. The van der Waals surface area contributed by atoms with E-state index in [-0.39, 0.29) is 17.8 Å². The highest BCUT2D eigenvalue weighted by Crippen LogP contribution is 2.15. The highest BCUT2D eigenvalue weighted by atomic mass is 35.5. The van der Waals surface area contributed by atoms with Crippen molar-refractivity contribution < 1.29 is 4.79 Å². The Hall–Kier alpha value is -1.20. The predicted molar refractivity (Wildman–Crippen MR) is 72.3 cm³/mol. The van der Waals surface area contributed by atoms with Crippen LogP contribution in [0.3, 0.4) is 0 Å². The third kappa shape index (κ3) is 5.42. The summed E-state index contributed by atoms with van der Waals surface area (Å²) in [5, 5.41) is 2.92. The second kappa shape index (κ2) is 7.28. The molecule has 1 amide bonds. The summed E-state index contributed by atoms with van der Waals surface area (Å²) in [7, 11) is 0. The lowest BCUT2D eigenvalue weighted by Gasteiger charge is -2.16. The van der Waals surface area contributed by atoms with Gasteiger partial charge in [0, 0.05) is 12.6 Å². The number of rotatable bonds is 6. The molecule has 100 valence electrons. The summed E-state index contributed by atoms with van der Waals surface area (Å²) in [5.74, 6) is 0.805. The third-order valence-corrected chi connectivity index (χ3v) is 2.70. The van der Waals surface area contributed by atoms with Crippen molar-refractivity contribution >= 4 is 23.5 Å². The molecule has 1 aromatic heterocycles. The topological polar surface area (TPSA) is 80.9 Å². The molecule has 18 heavy (non-hydrogen) atoms. The Labute approximate surface area is 112 Å². The van der Waals surface area contributed by atoms with Gasteiger partial charge in [0.15, 0.2) is 0 Å². The Balaban J connectivity index is 2.50. The first-order valence-corrected chi connectivity index (χ1v) is 6.37. The molecule has 0 aliphatic rings. The molecule has 1 atom stereocenters. The molecule has 3 N–H and O–H groups in total. The molecule has 0 aromatic carbocycles. The average molecular weight is 271 g/mol. The van der Waals surface area contributed by atoms with Crippen molar-refractivity contribution in [3.8, 4) is 0 Å². The molecule has 0 saturated heterocycles. The summed E-state index contributed by atoms with van der Waals surface area (Å²) >= 11 is 5.71. The Kier molecular flexibility index (Phi) is 6.01. The molecule has 0 spiro atoms. The number of carbonyl (C=O) groups excluding carboxylic acids is 1. The lowest BCUT2D eigenvalue weighted by Crippen LogP contribution is -2.24. The first-order chi connectivity index (χ1) is 8.51. The summed E-state index contributed by atoms with van der Waals surface area (Å²) < 4.78 is 0. The van der Waals surface area contributed by atoms with Crippen LogP contribution in [0, 0.1) is 11.8 Å². The van der Waals surface area contributed by atoms with Crippen molar-refractivity contribution in [2.45, 2.75) is 26.7 Å². The molecule has 0 saturated carbocycles. The van der Waals surface area contributed by atoms with Gasteiger partial charge in [0.05, 0.1) is 0 Å². The summed E-state index contributed by atoms with van der Waals surface area (Å²) in [6, 6.07) is 1.55. The van der Waals surface area contributed by atoms with E-state index in [1.54, 1.807) is 6.07 Å². The number of halogens is 1. The summed E-state index contributed by atoms with van der Waals surface area (Å²) in [5.41, 5.74) is 5.65. The van der Waals surface area contributed by atoms with Crippen molar-refractivity contribution in [1.82, 2.24) is 9.97 Å². The molecule has 0 radical (unpaired) electrons. The van der Waals surface area contributed by atoms with Gasteiger partial charge in [0.25, 0.3) is 0 Å². The molecule has 0 fully saturated rings. The number of hydrogen-bond donors (Lipinski definition) is 2. The van der Waals surface area contributed by atoms with Gasteiger partial charge in [0.1, 0.15) is 5.15 Å². The van der Waals surface area contributed by atoms with E-state index < -0.39 is 0 Å². The minimum absolute atomic E-state index is 0.131. The van der Waals surface area contributed by atoms with Crippen LogP contribution in [0.5, 0.6) is 0 Å². The van der Waals surface area contributed by atoms with E-state index in [2.05, 4.69) is 29.1 Å². The summed E-state index contributed by atoms with van der Waals surface area (Å²) in [6.07, 6.45) is 2.81. The van der Waals surface area contributed by atoms with Gasteiger partial charge in [0.2, 0.25) is 11.9 Å². The Morgan fingerprint density at radius 3 is 2.83 bits per heavy atom. The summed E-state index contributed by atoms with van der Waals surface area (Å²) in [6.45, 7) is 4.73. The van der Waals surface area contributed by atoms with Crippen molar-refractivity contribution in [3.63, 3.8) is 0 Å². The van der Waals surface area contributed by atoms with Crippen molar-refractivity contribution in [1.29, 1.82) is 0 Å². The maximum atomic E-state index is 11.8. The predicted octanol–water partition coefficient (Wildman–Crippen LogP) is 2.08. The zero-order valence-electron chi connectivity index (χ0n) is 10.7. The molecular weight excluding hydrogens is 252 g/mol. The second-order valence-electron chi connectivity index (χ2n) is 4.69. The van der Waals surface area contributed by atoms with Crippen LogP contribution in [-0.4, -0.2) is 22.4 Å². The van der Waals surface area contributed by atoms with E-state index in [1.807, 2.05) is 0 Å². The minimum Gasteiger partial charge on any atom is -0.330 e. The number of hydrogen-bond acceptors (Lipinski definition) is 4. The quantitative estimate of drug-likeness (QED) is 0.776. The van der Waals surface area contributed by atoms with Crippen LogP contribution < -0.4 is 11.1 Å². The lowest BCUT2D eigenvalue weighted by atomic mass is 9.94. The van der Waals surface area contributed by atoms with Gasteiger partial charge in [-0.1, -0.05) is 25.4 Å². The van der Waals surface area contributed by atoms with Gasteiger partial charge in [-0.15, -0.1) is 0 Å². The zero-order chi connectivity index (χ0) is 13.5. The zero-order valence-corrected chi connectivity index (χ0v) is 11.4. The maximum absolute atomic E-state index is 11.8. The van der Waals surface area contributed by atoms with Gasteiger partial charge in [-0.3, -0.25) is 10.1 Å². The van der Waals surface area contributed by atoms with Gasteiger partial charge >= 0.3 is 0 Å². The molecule has 1 aromatic rings. The molecule has 0 unspecified atom stereocenters. The maximum Gasteiger partial charge on any atom is 0.230 e. The molecule has 0 aliphatic heterocycles. The van der Waals surface area contributed by atoms with Crippen LogP contribution in [-0.2, 0) is 4.79 Å². The standard InChI is InChI=1S/C12H19ClN4O/c1-8(2)5-9(7-14)6-11(18)17-12-15-4-3-10(13)16-12/h3-4,8-9H,5-7,14H2,1-2H3,(H,15,16,17,18)/t9-/m0/s1. The molecule has 6 heteroatoms. The highest BCUT2D eigenvalue weighted by molar-refractivity contribution is 6.29. The smallest absolute Gasteiger partial charge is 0.230 e. The monoisotopic (exact) mass is 270 g/mol.